The highest BCUT2D eigenvalue weighted by molar-refractivity contribution is 6.36. The highest BCUT2D eigenvalue weighted by atomic mass is 35.5. The van der Waals surface area contributed by atoms with Crippen LogP contribution in [0.4, 0.5) is 11.4 Å². The zero-order valence-corrected chi connectivity index (χ0v) is 16.3. The highest BCUT2D eigenvalue weighted by Crippen LogP contribution is 2.35. The summed E-state index contributed by atoms with van der Waals surface area (Å²) >= 11 is 12.0. The van der Waals surface area contributed by atoms with Crippen LogP contribution in [0.1, 0.15) is 49.3 Å². The van der Waals surface area contributed by atoms with Crippen molar-refractivity contribution >= 4 is 34.6 Å². The van der Waals surface area contributed by atoms with Gasteiger partial charge in [0.2, 0.25) is 5.88 Å². The van der Waals surface area contributed by atoms with Gasteiger partial charge in [-0.25, -0.2) is 0 Å². The Balaban J connectivity index is 2.13. The van der Waals surface area contributed by atoms with E-state index in [0.717, 1.165) is 32.1 Å². The Kier molecular flexibility index (Phi) is 5.83. The van der Waals surface area contributed by atoms with E-state index < -0.39 is 5.56 Å². The van der Waals surface area contributed by atoms with Gasteiger partial charge in [-0.1, -0.05) is 42.5 Å². The van der Waals surface area contributed by atoms with E-state index in [4.69, 9.17) is 23.2 Å². The lowest BCUT2D eigenvalue weighted by atomic mass is 9.94. The molecule has 1 aromatic heterocycles. The maximum absolute atomic E-state index is 13.0. The highest BCUT2D eigenvalue weighted by Gasteiger charge is 2.25. The van der Waals surface area contributed by atoms with Crippen molar-refractivity contribution in [3.05, 3.63) is 49.7 Å². The molecule has 140 valence electrons. The van der Waals surface area contributed by atoms with Gasteiger partial charge >= 0.3 is 0 Å². The summed E-state index contributed by atoms with van der Waals surface area (Å²) in [6.07, 6.45) is 4.61. The smallest absolute Gasteiger partial charge is 0.281 e. The second-order valence-corrected chi connectivity index (χ2v) is 7.39. The summed E-state index contributed by atoms with van der Waals surface area (Å²) in [6, 6.07) is 6.57. The van der Waals surface area contributed by atoms with Crippen LogP contribution in [0.25, 0.3) is 0 Å². The summed E-state index contributed by atoms with van der Waals surface area (Å²) in [6.45, 7) is 1.57. The van der Waals surface area contributed by atoms with E-state index in [0.29, 0.717) is 21.3 Å². The fraction of sp³-hybridized carbons (Fsp3) is 0.368. The topological polar surface area (TPSA) is 90.7 Å². The quantitative estimate of drug-likeness (QED) is 0.639. The fourth-order valence-corrected chi connectivity index (χ4v) is 3.82. The van der Waals surface area contributed by atoms with Crippen LogP contribution in [-0.2, 0) is 0 Å². The molecule has 0 bridgehead atoms. The van der Waals surface area contributed by atoms with E-state index in [1.807, 2.05) is 6.07 Å². The first-order valence-electron chi connectivity index (χ1n) is 8.69. The van der Waals surface area contributed by atoms with E-state index in [1.165, 1.54) is 10.6 Å². The molecule has 0 aliphatic heterocycles. The van der Waals surface area contributed by atoms with Gasteiger partial charge in [0.1, 0.15) is 17.3 Å². The zero-order valence-electron chi connectivity index (χ0n) is 14.7. The number of nitrogens with zero attached hydrogens (tertiary/aromatic N) is 4. The largest absolute Gasteiger partial charge is 0.493 e. The Morgan fingerprint density at radius 1 is 1.22 bits per heavy atom. The monoisotopic (exact) mass is 404 g/mol. The van der Waals surface area contributed by atoms with E-state index >= 15 is 0 Å². The lowest BCUT2D eigenvalue weighted by Crippen LogP contribution is -2.27. The predicted molar refractivity (Wildman–Crippen MR) is 105 cm³/mol. The van der Waals surface area contributed by atoms with Crippen molar-refractivity contribution in [3.63, 3.8) is 0 Å². The standard InChI is InChI=1S/C19H18Cl2N4O2/c1-11-14(10-22)18(26)25(13-5-3-2-4-6-13)19(27)17(11)24-23-16-8-7-12(20)9-15(16)21/h7-9,13,26H,2-6H2,1H3. The molecule has 0 saturated heterocycles. The SMILES string of the molecule is Cc1c(C#N)c(O)n(C2CCCCC2)c(=O)c1N=Nc1ccc(Cl)cc1Cl. The van der Waals surface area contributed by atoms with E-state index in [9.17, 15) is 15.2 Å². The molecule has 1 heterocycles. The average Bonchev–Trinajstić information content (AvgIpc) is 2.64. The molecule has 0 unspecified atom stereocenters. The molecule has 1 aliphatic carbocycles. The van der Waals surface area contributed by atoms with Crippen molar-refractivity contribution in [1.82, 2.24) is 4.57 Å². The number of hydrogen-bond acceptors (Lipinski definition) is 5. The van der Waals surface area contributed by atoms with Crippen LogP contribution in [-0.4, -0.2) is 9.67 Å². The number of aromatic hydroxyl groups is 1. The summed E-state index contributed by atoms with van der Waals surface area (Å²) in [4.78, 5) is 13.0. The lowest BCUT2D eigenvalue weighted by molar-refractivity contribution is 0.303. The minimum absolute atomic E-state index is 0.0286. The fourth-order valence-electron chi connectivity index (χ4n) is 3.37. The number of rotatable bonds is 3. The number of benzene rings is 1. The van der Waals surface area contributed by atoms with Gasteiger partial charge in [-0.2, -0.15) is 5.26 Å². The van der Waals surface area contributed by atoms with E-state index in [-0.39, 0.29) is 23.2 Å². The predicted octanol–water partition coefficient (Wildman–Crippen LogP) is 5.96. The number of halogens is 2. The second kappa shape index (κ2) is 8.12. The van der Waals surface area contributed by atoms with Gasteiger partial charge in [-0.3, -0.25) is 9.36 Å². The molecule has 1 aromatic carbocycles. The Morgan fingerprint density at radius 2 is 1.93 bits per heavy atom. The van der Waals surface area contributed by atoms with Gasteiger partial charge in [0, 0.05) is 16.6 Å². The Morgan fingerprint density at radius 3 is 2.56 bits per heavy atom. The van der Waals surface area contributed by atoms with Gasteiger partial charge < -0.3 is 5.11 Å². The van der Waals surface area contributed by atoms with Crippen LogP contribution in [0.15, 0.2) is 33.2 Å². The molecule has 0 amide bonds. The third-order valence-corrected chi connectivity index (χ3v) is 5.36. The number of aromatic nitrogens is 1. The van der Waals surface area contributed by atoms with Gasteiger partial charge in [-0.15, -0.1) is 10.2 Å². The summed E-state index contributed by atoms with van der Waals surface area (Å²) in [7, 11) is 0. The van der Waals surface area contributed by atoms with Gasteiger partial charge in [0.05, 0.1) is 5.02 Å². The van der Waals surface area contributed by atoms with Gasteiger partial charge in [-0.05, 0) is 38.0 Å². The van der Waals surface area contributed by atoms with Crippen LogP contribution < -0.4 is 5.56 Å². The molecule has 2 aromatic rings. The van der Waals surface area contributed by atoms with E-state index in [1.54, 1.807) is 19.1 Å². The van der Waals surface area contributed by atoms with Crippen molar-refractivity contribution in [1.29, 1.82) is 5.26 Å². The van der Waals surface area contributed by atoms with Crippen LogP contribution >= 0.6 is 23.2 Å². The number of azo groups is 1. The molecule has 0 atom stereocenters. The van der Waals surface area contributed by atoms with Crippen LogP contribution in [0, 0.1) is 18.3 Å². The zero-order chi connectivity index (χ0) is 19.6. The molecule has 0 radical (unpaired) electrons. The van der Waals surface area contributed by atoms with Crippen molar-refractivity contribution < 1.29 is 5.11 Å². The van der Waals surface area contributed by atoms with Gasteiger partial charge in [0.15, 0.2) is 5.69 Å². The molecular formula is C19H18Cl2N4O2. The minimum atomic E-state index is -0.454. The summed E-state index contributed by atoms with van der Waals surface area (Å²) in [5, 5.41) is 28.9. The molecule has 8 heteroatoms. The number of hydrogen-bond donors (Lipinski definition) is 1. The van der Waals surface area contributed by atoms with Crippen LogP contribution in [0.3, 0.4) is 0 Å². The van der Waals surface area contributed by atoms with E-state index in [2.05, 4.69) is 10.2 Å². The Labute approximate surface area is 166 Å². The van der Waals surface area contributed by atoms with Gasteiger partial charge in [0.25, 0.3) is 5.56 Å². The first-order valence-corrected chi connectivity index (χ1v) is 9.44. The van der Waals surface area contributed by atoms with Crippen LogP contribution in [0.2, 0.25) is 10.0 Å². The molecule has 27 heavy (non-hydrogen) atoms. The summed E-state index contributed by atoms with van der Waals surface area (Å²) in [5.41, 5.74) is 0.263. The maximum atomic E-state index is 13.0. The maximum Gasteiger partial charge on any atom is 0.281 e. The van der Waals surface area contributed by atoms with Crippen LogP contribution in [0.5, 0.6) is 5.88 Å². The number of nitriles is 1. The van der Waals surface area contributed by atoms with Crippen molar-refractivity contribution in [2.24, 2.45) is 10.2 Å². The molecular weight excluding hydrogens is 387 g/mol. The van der Waals surface area contributed by atoms with Crippen molar-refractivity contribution in [2.75, 3.05) is 0 Å². The van der Waals surface area contributed by atoms with Crippen molar-refractivity contribution in [2.45, 2.75) is 45.1 Å². The molecule has 1 fully saturated rings. The summed E-state index contributed by atoms with van der Waals surface area (Å²) in [5.74, 6) is -0.296. The minimum Gasteiger partial charge on any atom is -0.493 e. The van der Waals surface area contributed by atoms with Crippen molar-refractivity contribution in [3.8, 4) is 11.9 Å². The molecule has 1 aliphatic rings. The normalized spacial score (nSPS) is 15.2. The first kappa shape index (κ1) is 19.4. The third kappa shape index (κ3) is 3.85. The summed E-state index contributed by atoms with van der Waals surface area (Å²) < 4.78 is 1.29. The molecule has 1 N–H and O–H groups in total. The third-order valence-electron chi connectivity index (χ3n) is 4.82. The Hall–Kier alpha value is -2.36. The Bertz CT molecular complexity index is 1000. The first-order chi connectivity index (χ1) is 12.9. The second-order valence-electron chi connectivity index (χ2n) is 6.55. The lowest BCUT2D eigenvalue weighted by Gasteiger charge is -2.25. The average molecular weight is 405 g/mol. The number of pyridine rings is 1. The molecule has 6 nitrogen and oxygen atoms in total. The molecule has 1 saturated carbocycles. The molecule has 3 rings (SSSR count). The molecule has 0 spiro atoms.